The van der Waals surface area contributed by atoms with Crippen molar-refractivity contribution in [2.75, 3.05) is 44.9 Å². The highest BCUT2D eigenvalue weighted by Crippen LogP contribution is 2.14. The molecule has 0 aromatic carbocycles. The lowest BCUT2D eigenvalue weighted by Crippen LogP contribution is -2.65. The van der Waals surface area contributed by atoms with Crippen molar-refractivity contribution in [3.8, 4) is 0 Å². The van der Waals surface area contributed by atoms with Crippen molar-refractivity contribution in [3.05, 3.63) is 24.3 Å². The number of hydrogen-bond acceptors (Lipinski definition) is 17. The van der Waals surface area contributed by atoms with Crippen LogP contribution in [0.1, 0.15) is 101 Å². The molecule has 0 fully saturated rings. The fraction of sp³-hybridized carbons (Fsp3) is 0.690. The Morgan fingerprint density at radius 3 is 1.28 bits per heavy atom. The van der Waals surface area contributed by atoms with E-state index < -0.39 is 83.8 Å². The van der Waals surface area contributed by atoms with Gasteiger partial charge in [-0.2, -0.15) is 39.5 Å². The molecule has 0 spiro atoms. The quantitative estimate of drug-likeness (QED) is 0.0244. The Morgan fingerprint density at radius 2 is 0.974 bits per heavy atom. The molecule has 0 aliphatic rings. The van der Waals surface area contributed by atoms with Gasteiger partial charge in [-0.05, 0) is 87.5 Å². The Morgan fingerprint density at radius 1 is 0.632 bits per heavy atom. The number of hydrogen-bond donors (Lipinski definition) is 7. The molecule has 0 saturated heterocycles. The maximum absolute atomic E-state index is 11.6. The second kappa shape index (κ2) is 46.4. The Bertz CT molecular complexity index is 1670. The predicted molar refractivity (Wildman–Crippen MR) is 246 cm³/mol. The van der Waals surface area contributed by atoms with Gasteiger partial charge in [0.05, 0.1) is 18.5 Å². The monoisotopic (exact) mass is 1180 g/mol. The van der Waals surface area contributed by atoms with Gasteiger partial charge < -0.3 is 80.9 Å². The number of carboxylic acid groups (broad SMARTS) is 4. The molecule has 0 aromatic rings. The van der Waals surface area contributed by atoms with E-state index in [1.165, 1.54) is 0 Å². The van der Waals surface area contributed by atoms with Gasteiger partial charge in [-0.3, -0.25) is 0 Å². The molecule has 2 unspecified atom stereocenters. The average Bonchev–Trinajstić information content (AvgIpc) is 3.22. The van der Waals surface area contributed by atoms with Crippen LogP contribution in [-0.2, 0) is 57.2 Å². The first-order valence-corrected chi connectivity index (χ1v) is 22.0. The van der Waals surface area contributed by atoms with Crippen LogP contribution in [0.2, 0.25) is 0 Å². The van der Waals surface area contributed by atoms with Gasteiger partial charge in [0.25, 0.3) is 0 Å². The highest BCUT2D eigenvalue weighted by molar-refractivity contribution is 6.40. The van der Waals surface area contributed by atoms with Crippen LogP contribution in [0, 0.1) is 0 Å². The number of alkyl halides is 11. The van der Waals surface area contributed by atoms with Crippen LogP contribution in [0.5, 0.6) is 0 Å². The molecule has 2 amide bonds. The summed E-state index contributed by atoms with van der Waals surface area (Å²) in [7, 11) is 0. The summed E-state index contributed by atoms with van der Waals surface area (Å²) in [5, 5.41) is 47.1. The van der Waals surface area contributed by atoms with Crippen LogP contribution in [0.15, 0.2) is 24.3 Å². The number of carbonyl (C=O) groups is 9. The number of rotatable bonds is 19. The fourth-order valence-electron chi connectivity index (χ4n) is 3.15. The molecular weight excluding hydrogens is 1110 g/mol. The third-order valence-corrected chi connectivity index (χ3v) is 6.25. The van der Waals surface area contributed by atoms with Crippen molar-refractivity contribution in [2.45, 2.75) is 143 Å². The van der Waals surface area contributed by atoms with Crippen molar-refractivity contribution >= 4 is 77.2 Å². The highest BCUT2D eigenvalue weighted by Gasteiger charge is 2.38. The first-order chi connectivity index (χ1) is 33.7. The molecule has 0 saturated carbocycles. The summed E-state index contributed by atoms with van der Waals surface area (Å²) < 4.78 is 119. The van der Waals surface area contributed by atoms with E-state index in [0.717, 1.165) is 19.4 Å². The van der Waals surface area contributed by atoms with Crippen molar-refractivity contribution in [1.29, 1.82) is 0 Å². The topological polar surface area (TPSA) is 386 Å². The van der Waals surface area contributed by atoms with Gasteiger partial charge in [0.15, 0.2) is 6.04 Å². The van der Waals surface area contributed by atoms with E-state index in [4.69, 9.17) is 82.1 Å². The summed E-state index contributed by atoms with van der Waals surface area (Å²) in [6, 6.07) is -1.39. The van der Waals surface area contributed by atoms with E-state index >= 15 is 0 Å². The number of amides is 2. The lowest BCUT2D eigenvalue weighted by atomic mass is 10.1. The maximum Gasteiger partial charge on any atom is 0.490 e. The van der Waals surface area contributed by atoms with Crippen LogP contribution in [-0.4, -0.2) is 156 Å². The van der Waals surface area contributed by atoms with Crippen molar-refractivity contribution in [1.82, 2.24) is 10.6 Å². The molecule has 34 heteroatoms. The molecule has 2 atom stereocenters. The third-order valence-electron chi connectivity index (χ3n) is 6.25. The normalized spacial score (nSPS) is 11.2. The van der Waals surface area contributed by atoms with E-state index in [1.807, 2.05) is 0 Å². The van der Waals surface area contributed by atoms with Gasteiger partial charge in [0.2, 0.25) is 0 Å². The largest absolute Gasteiger partial charge is 0.542 e. The van der Waals surface area contributed by atoms with E-state index in [-0.39, 0.29) is 57.6 Å². The Kier molecular flexibility index (Phi) is 53.1. The zero-order valence-electron chi connectivity index (χ0n) is 42.2. The zero-order valence-corrected chi connectivity index (χ0v) is 43.7. The summed E-state index contributed by atoms with van der Waals surface area (Å²) in [6.45, 7) is 21.6. The van der Waals surface area contributed by atoms with Crippen LogP contribution in [0.4, 0.5) is 49.1 Å². The van der Waals surface area contributed by atoms with E-state index in [2.05, 4.69) is 40.0 Å². The second-order valence-electron chi connectivity index (χ2n) is 15.7. The van der Waals surface area contributed by atoms with Gasteiger partial charge in [-0.1, -0.05) is 20.6 Å². The number of esters is 3. The van der Waals surface area contributed by atoms with Gasteiger partial charge in [0.1, 0.15) is 49.0 Å². The van der Waals surface area contributed by atoms with Crippen molar-refractivity contribution in [2.24, 2.45) is 0 Å². The number of alkyl carbamates (subject to hydrolysis) is 2. The standard InChI is InChI=1S/C16H30N2O6.C12H22N2O4.C6H10O3.3C2HF3O2.CH2Cl2.CH4/c1-15(2,3)23-13(21)17-10-8-7-9-11(12(19)20)18-14(22)24-16(4,5)6;1-9(2)11(15)17-7-8-18-12(16)10(14)5-3-4-6-13;1-5(2)6(8)9-4-3-7;3*3-2(4,5)1(6)7;2-1-3;/h11H,7-10H2,1-6H3,(H,17,21)(H,18,22)(H,19,20);10H,1,3-8,13-14H2,2H3;7H,1,3-4H2,2H3;3*(H,6,7);1H2;1H4. The number of carboxylic acids is 4. The van der Waals surface area contributed by atoms with E-state index in [0.29, 0.717) is 37.0 Å². The summed E-state index contributed by atoms with van der Waals surface area (Å²) in [4.78, 5) is 93.6. The van der Waals surface area contributed by atoms with Crippen LogP contribution in [0.3, 0.4) is 0 Å². The molecule has 450 valence electrons. The summed E-state index contributed by atoms with van der Waals surface area (Å²) in [5.74, 6) is -11.2. The Labute approximate surface area is 442 Å². The number of halogens is 11. The van der Waals surface area contributed by atoms with Gasteiger partial charge in [-0.15, -0.1) is 23.2 Å². The summed E-state index contributed by atoms with van der Waals surface area (Å²) in [6.07, 6.45) is -12.8. The SMILES string of the molecule is C.C=C(C)C(=O)OCCO.C=C(C)C(=O)OCCOC(=O)C([NH3+])CCCC[NH3+].CC(C)(C)OC(=O)NCCCCC(NC(=O)OC(C)(C)C)C(=O)O.ClCCl.O=C(O)C(F)(F)F.O=C([O-])C(F)(F)F.O=C([O-])C(F)(F)F. The number of ether oxygens (including phenoxy) is 5. The zero-order chi connectivity index (χ0) is 61.1. The van der Waals surface area contributed by atoms with Crippen molar-refractivity contribution in [3.63, 3.8) is 0 Å². The predicted octanol–water partition coefficient (Wildman–Crippen LogP) is 2.72. The molecule has 0 aromatic heterocycles. The first-order valence-electron chi connectivity index (χ1n) is 20.9. The molecule has 76 heavy (non-hydrogen) atoms. The average molecular weight is 1180 g/mol. The van der Waals surface area contributed by atoms with Crippen LogP contribution >= 0.6 is 23.2 Å². The van der Waals surface area contributed by atoms with E-state index in [1.54, 1.807) is 55.4 Å². The number of carbonyl (C=O) groups excluding carboxylic acids is 7. The highest BCUT2D eigenvalue weighted by atomic mass is 35.5. The lowest BCUT2D eigenvalue weighted by molar-refractivity contribution is -0.410. The molecule has 0 heterocycles. The second-order valence-corrected chi connectivity index (χ2v) is 16.5. The minimum atomic E-state index is -5.19. The molecule has 0 aliphatic heterocycles. The number of unbranched alkanes of at least 4 members (excludes halogenated alkanes) is 2. The van der Waals surface area contributed by atoms with Crippen LogP contribution < -0.4 is 32.3 Å². The molecule has 0 aliphatic carbocycles. The van der Waals surface area contributed by atoms with Crippen molar-refractivity contribution < 1.29 is 143 Å². The van der Waals surface area contributed by atoms with Gasteiger partial charge >= 0.3 is 60.6 Å². The number of nitrogens with one attached hydrogen (secondary N) is 2. The molecule has 11 N–H and O–H groups in total. The molecule has 0 bridgehead atoms. The molecule has 23 nitrogen and oxygen atoms in total. The molecule has 0 radical (unpaired) electrons. The summed E-state index contributed by atoms with van der Waals surface area (Å²) in [5.41, 5.74) is 6.89. The lowest BCUT2D eigenvalue weighted by Gasteiger charge is -2.22. The molecule has 0 rings (SSSR count). The minimum Gasteiger partial charge on any atom is -0.542 e. The maximum atomic E-state index is 11.6. The Balaban J connectivity index is -0.000000130. The Hall–Kier alpha value is -5.86. The van der Waals surface area contributed by atoms with E-state index in [9.17, 15) is 68.3 Å². The number of quaternary nitrogens is 2. The third kappa shape index (κ3) is 70.2. The molecular formula is C42H71Cl2F9N4O19. The van der Waals surface area contributed by atoms with Gasteiger partial charge in [-0.25, -0.2) is 33.6 Å². The van der Waals surface area contributed by atoms with Gasteiger partial charge in [0, 0.05) is 24.1 Å². The number of aliphatic hydroxyl groups is 1. The van der Waals surface area contributed by atoms with Crippen LogP contribution in [0.25, 0.3) is 0 Å². The smallest absolute Gasteiger partial charge is 0.490 e. The summed E-state index contributed by atoms with van der Waals surface area (Å²) >= 11 is 9.53. The number of aliphatic hydroxyl groups excluding tert-OH is 1. The first kappa shape index (κ1) is 86.8. The minimum absolute atomic E-state index is 0. The fourth-order valence-corrected chi connectivity index (χ4v) is 3.15. The number of aliphatic carboxylic acids is 4.